The van der Waals surface area contributed by atoms with Gasteiger partial charge in [-0.2, -0.15) is 0 Å². The van der Waals surface area contributed by atoms with E-state index in [0.29, 0.717) is 29.9 Å². The first-order valence-electron chi connectivity index (χ1n) is 4.81. The molecule has 2 heterocycles. The molecule has 0 aliphatic heterocycles. The maximum absolute atomic E-state index is 9.54. The molecule has 0 spiro atoms. The van der Waals surface area contributed by atoms with E-state index < -0.39 is 6.10 Å². The van der Waals surface area contributed by atoms with Crippen molar-refractivity contribution in [2.75, 3.05) is 5.73 Å². The van der Waals surface area contributed by atoms with Crippen LogP contribution in [0.15, 0.2) is 12.7 Å². The minimum absolute atomic E-state index is 0.365. The van der Waals surface area contributed by atoms with Crippen molar-refractivity contribution in [3.8, 4) is 0 Å². The predicted molar refractivity (Wildman–Crippen MR) is 56.0 cm³/mol. The Hall–Kier alpha value is -1.69. The topological polar surface area (TPSA) is 89.8 Å². The van der Waals surface area contributed by atoms with E-state index in [2.05, 4.69) is 15.0 Å². The van der Waals surface area contributed by atoms with Gasteiger partial charge >= 0.3 is 0 Å². The van der Waals surface area contributed by atoms with E-state index in [-0.39, 0.29) is 0 Å². The lowest BCUT2D eigenvalue weighted by Crippen LogP contribution is -2.14. The Labute approximate surface area is 86.8 Å². The zero-order valence-corrected chi connectivity index (χ0v) is 8.46. The SMILES string of the molecule is CCC(O)Cn1cnc2c(N)ncnc21. The van der Waals surface area contributed by atoms with Crippen LogP contribution >= 0.6 is 0 Å². The van der Waals surface area contributed by atoms with E-state index in [0.717, 1.165) is 0 Å². The van der Waals surface area contributed by atoms with Crippen molar-refractivity contribution in [3.05, 3.63) is 12.7 Å². The van der Waals surface area contributed by atoms with Crippen molar-refractivity contribution in [1.82, 2.24) is 19.5 Å². The third kappa shape index (κ3) is 1.75. The summed E-state index contributed by atoms with van der Waals surface area (Å²) in [5.74, 6) is 0.365. The fourth-order valence-electron chi connectivity index (χ4n) is 1.39. The second-order valence-electron chi connectivity index (χ2n) is 3.39. The average Bonchev–Trinajstić information content (AvgIpc) is 2.63. The standard InChI is InChI=1S/C9H13N5O/c1-2-6(15)3-14-5-13-7-8(10)11-4-12-9(7)14/h4-6,15H,2-3H2,1H3,(H2,10,11,12). The molecular weight excluding hydrogens is 194 g/mol. The van der Waals surface area contributed by atoms with Gasteiger partial charge in [-0.25, -0.2) is 15.0 Å². The second kappa shape index (κ2) is 3.82. The van der Waals surface area contributed by atoms with Gasteiger partial charge in [-0.15, -0.1) is 0 Å². The van der Waals surface area contributed by atoms with Crippen LogP contribution < -0.4 is 5.73 Å². The highest BCUT2D eigenvalue weighted by atomic mass is 16.3. The minimum Gasteiger partial charge on any atom is -0.391 e. The number of aliphatic hydroxyl groups excluding tert-OH is 1. The Balaban J connectivity index is 2.41. The van der Waals surface area contributed by atoms with Crippen LogP contribution in [0.5, 0.6) is 0 Å². The first-order valence-corrected chi connectivity index (χ1v) is 4.81. The Kier molecular flexibility index (Phi) is 2.51. The molecule has 0 amide bonds. The maximum Gasteiger partial charge on any atom is 0.165 e. The third-order valence-electron chi connectivity index (χ3n) is 2.31. The first-order chi connectivity index (χ1) is 7.22. The molecule has 0 saturated heterocycles. The molecule has 0 bridgehead atoms. The Morgan fingerprint density at radius 2 is 2.27 bits per heavy atom. The van der Waals surface area contributed by atoms with Gasteiger partial charge in [-0.3, -0.25) is 0 Å². The molecule has 80 valence electrons. The molecule has 0 saturated carbocycles. The number of imidazole rings is 1. The summed E-state index contributed by atoms with van der Waals surface area (Å²) in [4.78, 5) is 12.0. The Morgan fingerprint density at radius 1 is 1.47 bits per heavy atom. The number of hydrogen-bond acceptors (Lipinski definition) is 5. The summed E-state index contributed by atoms with van der Waals surface area (Å²) in [6.45, 7) is 2.40. The van der Waals surface area contributed by atoms with Gasteiger partial charge in [-0.05, 0) is 6.42 Å². The van der Waals surface area contributed by atoms with E-state index in [1.807, 2.05) is 6.92 Å². The molecule has 2 rings (SSSR count). The van der Waals surface area contributed by atoms with Gasteiger partial charge in [0.2, 0.25) is 0 Å². The molecule has 15 heavy (non-hydrogen) atoms. The van der Waals surface area contributed by atoms with Crippen LogP contribution in [0.1, 0.15) is 13.3 Å². The van der Waals surface area contributed by atoms with Gasteiger partial charge in [0.15, 0.2) is 11.5 Å². The summed E-state index contributed by atoms with van der Waals surface area (Å²) >= 11 is 0. The van der Waals surface area contributed by atoms with Crippen LogP contribution in [-0.4, -0.2) is 30.7 Å². The van der Waals surface area contributed by atoms with Crippen molar-refractivity contribution in [2.24, 2.45) is 0 Å². The summed E-state index contributed by atoms with van der Waals surface area (Å²) in [7, 11) is 0. The lowest BCUT2D eigenvalue weighted by atomic mass is 10.3. The molecule has 6 heteroatoms. The monoisotopic (exact) mass is 207 g/mol. The number of aromatic nitrogens is 4. The molecule has 0 fully saturated rings. The molecule has 0 aliphatic rings. The van der Waals surface area contributed by atoms with E-state index in [4.69, 9.17) is 5.73 Å². The van der Waals surface area contributed by atoms with E-state index in [9.17, 15) is 5.11 Å². The molecule has 6 nitrogen and oxygen atoms in total. The van der Waals surface area contributed by atoms with Crippen molar-refractivity contribution >= 4 is 17.0 Å². The molecule has 0 aromatic carbocycles. The number of nitrogens with two attached hydrogens (primary N) is 1. The molecule has 3 N–H and O–H groups in total. The fraction of sp³-hybridized carbons (Fsp3) is 0.444. The molecule has 2 aromatic rings. The van der Waals surface area contributed by atoms with Gasteiger partial charge in [0.1, 0.15) is 11.8 Å². The number of fused-ring (bicyclic) bond motifs is 1. The van der Waals surface area contributed by atoms with Crippen LogP contribution in [0.3, 0.4) is 0 Å². The number of nitrogens with zero attached hydrogens (tertiary/aromatic N) is 4. The zero-order chi connectivity index (χ0) is 10.8. The van der Waals surface area contributed by atoms with Crippen molar-refractivity contribution in [3.63, 3.8) is 0 Å². The van der Waals surface area contributed by atoms with Crippen LogP contribution in [0, 0.1) is 0 Å². The Morgan fingerprint density at radius 3 is 3.00 bits per heavy atom. The van der Waals surface area contributed by atoms with Gasteiger partial charge < -0.3 is 15.4 Å². The number of hydrogen-bond donors (Lipinski definition) is 2. The average molecular weight is 207 g/mol. The smallest absolute Gasteiger partial charge is 0.165 e. The summed E-state index contributed by atoms with van der Waals surface area (Å²) in [6.07, 6.45) is 3.32. The van der Waals surface area contributed by atoms with E-state index in [1.165, 1.54) is 6.33 Å². The normalized spacial score (nSPS) is 13.2. The van der Waals surface area contributed by atoms with Crippen molar-refractivity contribution in [1.29, 1.82) is 0 Å². The predicted octanol–water partition coefficient (Wildman–Crippen LogP) is 0.179. The second-order valence-corrected chi connectivity index (χ2v) is 3.39. The van der Waals surface area contributed by atoms with Gasteiger partial charge in [0.05, 0.1) is 19.0 Å². The highest BCUT2D eigenvalue weighted by molar-refractivity contribution is 5.81. The van der Waals surface area contributed by atoms with Crippen LogP contribution in [0.25, 0.3) is 11.2 Å². The zero-order valence-electron chi connectivity index (χ0n) is 8.46. The van der Waals surface area contributed by atoms with Gasteiger partial charge in [0, 0.05) is 0 Å². The lowest BCUT2D eigenvalue weighted by Gasteiger charge is -2.08. The first kappa shape index (κ1) is 9.85. The van der Waals surface area contributed by atoms with E-state index >= 15 is 0 Å². The fourth-order valence-corrected chi connectivity index (χ4v) is 1.39. The van der Waals surface area contributed by atoms with Crippen LogP contribution in [0.4, 0.5) is 5.82 Å². The number of anilines is 1. The Bertz CT molecular complexity index is 466. The summed E-state index contributed by atoms with van der Waals surface area (Å²) in [5, 5.41) is 9.54. The molecule has 0 aliphatic carbocycles. The van der Waals surface area contributed by atoms with Crippen molar-refractivity contribution in [2.45, 2.75) is 26.0 Å². The molecule has 1 unspecified atom stereocenters. The van der Waals surface area contributed by atoms with E-state index in [1.54, 1.807) is 10.9 Å². The molecule has 0 radical (unpaired) electrons. The molecule has 2 aromatic heterocycles. The van der Waals surface area contributed by atoms with Gasteiger partial charge in [0.25, 0.3) is 0 Å². The van der Waals surface area contributed by atoms with Crippen LogP contribution in [0.2, 0.25) is 0 Å². The summed E-state index contributed by atoms with van der Waals surface area (Å²) in [6, 6.07) is 0. The summed E-state index contributed by atoms with van der Waals surface area (Å²) in [5.41, 5.74) is 6.89. The minimum atomic E-state index is -0.390. The quantitative estimate of drug-likeness (QED) is 0.749. The van der Waals surface area contributed by atoms with Crippen molar-refractivity contribution < 1.29 is 5.11 Å². The molecular formula is C9H13N5O. The lowest BCUT2D eigenvalue weighted by molar-refractivity contribution is 0.151. The summed E-state index contributed by atoms with van der Waals surface area (Å²) < 4.78 is 1.78. The highest BCUT2D eigenvalue weighted by Gasteiger charge is 2.09. The molecule has 1 atom stereocenters. The van der Waals surface area contributed by atoms with Crippen LogP contribution in [-0.2, 0) is 6.54 Å². The maximum atomic E-state index is 9.54. The number of nitrogen functional groups attached to an aromatic ring is 1. The number of rotatable bonds is 3. The third-order valence-corrected chi connectivity index (χ3v) is 2.31. The van der Waals surface area contributed by atoms with Gasteiger partial charge in [-0.1, -0.05) is 6.92 Å². The highest BCUT2D eigenvalue weighted by Crippen LogP contribution is 2.14. The number of aliphatic hydroxyl groups is 1. The largest absolute Gasteiger partial charge is 0.391 e.